The summed E-state index contributed by atoms with van der Waals surface area (Å²) >= 11 is 0. The lowest BCUT2D eigenvalue weighted by molar-refractivity contribution is 0.239. The van der Waals surface area contributed by atoms with E-state index in [1.807, 2.05) is 10.9 Å². The number of rotatable bonds is 3. The normalized spacial score (nSPS) is 18.2. The van der Waals surface area contributed by atoms with Gasteiger partial charge in [0.25, 0.3) is 0 Å². The van der Waals surface area contributed by atoms with E-state index in [4.69, 9.17) is 0 Å². The molecule has 2 heterocycles. The molecular weight excluding hydrogens is 164 g/mol. The molecule has 4 nitrogen and oxygen atoms in total. The van der Waals surface area contributed by atoms with Gasteiger partial charge in [0, 0.05) is 25.8 Å². The summed E-state index contributed by atoms with van der Waals surface area (Å²) in [5.74, 6) is 0. The molecule has 0 amide bonds. The number of hydrogen-bond donors (Lipinski definition) is 1. The van der Waals surface area contributed by atoms with Gasteiger partial charge in [-0.1, -0.05) is 0 Å². The van der Waals surface area contributed by atoms with Gasteiger partial charge < -0.3 is 0 Å². The molecule has 13 heavy (non-hydrogen) atoms. The van der Waals surface area contributed by atoms with Crippen LogP contribution in [0.2, 0.25) is 0 Å². The van der Waals surface area contributed by atoms with Gasteiger partial charge in [-0.2, -0.15) is 5.10 Å². The molecule has 0 spiro atoms. The lowest BCUT2D eigenvalue weighted by Crippen LogP contribution is -2.33. The van der Waals surface area contributed by atoms with Gasteiger partial charge in [0.1, 0.15) is 0 Å². The van der Waals surface area contributed by atoms with Gasteiger partial charge in [-0.15, -0.1) is 0 Å². The average molecular weight is 180 g/mol. The Morgan fingerprint density at radius 2 is 2.46 bits per heavy atom. The maximum absolute atomic E-state index is 4.24. The van der Waals surface area contributed by atoms with Crippen LogP contribution >= 0.6 is 0 Å². The summed E-state index contributed by atoms with van der Waals surface area (Å²) in [4.78, 5) is 0. The van der Waals surface area contributed by atoms with Gasteiger partial charge in [-0.3, -0.25) is 10.1 Å². The molecule has 0 aromatic carbocycles. The van der Waals surface area contributed by atoms with Gasteiger partial charge >= 0.3 is 0 Å². The summed E-state index contributed by atoms with van der Waals surface area (Å²) < 4.78 is 2.00. The van der Waals surface area contributed by atoms with Crippen molar-refractivity contribution in [3.8, 4) is 0 Å². The molecule has 1 aliphatic heterocycles. The highest BCUT2D eigenvalue weighted by molar-refractivity contribution is 4.99. The van der Waals surface area contributed by atoms with E-state index >= 15 is 0 Å². The summed E-state index contributed by atoms with van der Waals surface area (Å²) in [5.41, 5.74) is 4.56. The van der Waals surface area contributed by atoms with E-state index in [0.29, 0.717) is 0 Å². The molecule has 1 N–H and O–H groups in total. The molecule has 1 aromatic rings. The molecule has 0 saturated carbocycles. The fraction of sp³-hybridized carbons (Fsp3) is 0.667. The number of hydrazine groups is 1. The maximum Gasteiger partial charge on any atom is 0.0550 e. The topological polar surface area (TPSA) is 33.1 Å². The Bertz CT molecular complexity index is 262. The van der Waals surface area contributed by atoms with Crippen LogP contribution in [0.1, 0.15) is 12.0 Å². The van der Waals surface area contributed by atoms with Crippen LogP contribution in [0.25, 0.3) is 0 Å². The molecule has 0 atom stereocenters. The third-order valence-corrected chi connectivity index (χ3v) is 2.30. The molecule has 0 unspecified atom stereocenters. The summed E-state index contributed by atoms with van der Waals surface area (Å²) in [7, 11) is 0. The quantitative estimate of drug-likeness (QED) is 0.731. The van der Waals surface area contributed by atoms with Crippen LogP contribution in [0.5, 0.6) is 0 Å². The van der Waals surface area contributed by atoms with Gasteiger partial charge in [-0.05, 0) is 18.9 Å². The molecule has 1 aromatic heterocycles. The molecule has 1 aliphatic rings. The van der Waals surface area contributed by atoms with E-state index in [1.54, 1.807) is 0 Å². The fourth-order valence-electron chi connectivity index (χ4n) is 1.59. The molecule has 1 fully saturated rings. The predicted octanol–water partition coefficient (Wildman–Crippen LogP) is 0.402. The lowest BCUT2D eigenvalue weighted by Gasteiger charge is -2.14. The van der Waals surface area contributed by atoms with Crippen molar-refractivity contribution in [2.24, 2.45) is 0 Å². The van der Waals surface area contributed by atoms with Crippen molar-refractivity contribution in [2.45, 2.75) is 19.9 Å². The Morgan fingerprint density at radius 3 is 3.08 bits per heavy atom. The van der Waals surface area contributed by atoms with Crippen molar-refractivity contribution >= 4 is 0 Å². The zero-order valence-electron chi connectivity index (χ0n) is 8.03. The van der Waals surface area contributed by atoms with Crippen LogP contribution < -0.4 is 5.43 Å². The van der Waals surface area contributed by atoms with E-state index in [1.165, 1.54) is 18.5 Å². The summed E-state index contributed by atoms with van der Waals surface area (Å²) in [6.07, 6.45) is 5.24. The zero-order chi connectivity index (χ0) is 9.10. The SMILES string of the molecule is Cc1cnn(CCN2CCCN2)c1. The minimum Gasteiger partial charge on any atom is -0.271 e. The Morgan fingerprint density at radius 1 is 1.54 bits per heavy atom. The summed E-state index contributed by atoms with van der Waals surface area (Å²) in [6.45, 7) is 6.37. The Kier molecular flexibility index (Phi) is 2.61. The Labute approximate surface area is 78.5 Å². The molecule has 0 bridgehead atoms. The maximum atomic E-state index is 4.24. The Hall–Kier alpha value is -0.870. The minimum absolute atomic E-state index is 0.973. The molecule has 2 rings (SSSR count). The van der Waals surface area contributed by atoms with Crippen LogP contribution in [0, 0.1) is 6.92 Å². The highest BCUT2D eigenvalue weighted by atomic mass is 15.5. The van der Waals surface area contributed by atoms with Gasteiger partial charge in [0.2, 0.25) is 0 Å². The van der Waals surface area contributed by atoms with Crippen LogP contribution in [0.4, 0.5) is 0 Å². The van der Waals surface area contributed by atoms with Crippen LogP contribution in [-0.2, 0) is 6.54 Å². The van der Waals surface area contributed by atoms with E-state index in [9.17, 15) is 0 Å². The van der Waals surface area contributed by atoms with Gasteiger partial charge in [0.15, 0.2) is 0 Å². The second-order valence-corrected chi connectivity index (χ2v) is 3.53. The molecule has 0 radical (unpaired) electrons. The second kappa shape index (κ2) is 3.89. The molecular formula is C9H16N4. The average Bonchev–Trinajstić information content (AvgIpc) is 2.71. The van der Waals surface area contributed by atoms with Crippen molar-refractivity contribution in [1.29, 1.82) is 0 Å². The highest BCUT2D eigenvalue weighted by Crippen LogP contribution is 1.98. The number of aryl methyl sites for hydroxylation is 1. The third-order valence-electron chi connectivity index (χ3n) is 2.30. The van der Waals surface area contributed by atoms with Crippen molar-refractivity contribution in [2.75, 3.05) is 19.6 Å². The number of hydrogen-bond acceptors (Lipinski definition) is 3. The van der Waals surface area contributed by atoms with E-state index < -0.39 is 0 Å². The largest absolute Gasteiger partial charge is 0.271 e. The van der Waals surface area contributed by atoms with Gasteiger partial charge in [-0.25, -0.2) is 5.01 Å². The monoisotopic (exact) mass is 180 g/mol. The Balaban J connectivity index is 1.78. The number of nitrogens with zero attached hydrogens (tertiary/aromatic N) is 3. The fourth-order valence-corrected chi connectivity index (χ4v) is 1.59. The van der Waals surface area contributed by atoms with E-state index in [-0.39, 0.29) is 0 Å². The first-order valence-corrected chi connectivity index (χ1v) is 4.82. The summed E-state index contributed by atoms with van der Waals surface area (Å²) in [5, 5.41) is 6.50. The van der Waals surface area contributed by atoms with Crippen molar-refractivity contribution in [1.82, 2.24) is 20.2 Å². The molecule has 4 heteroatoms. The second-order valence-electron chi connectivity index (χ2n) is 3.53. The molecule has 72 valence electrons. The lowest BCUT2D eigenvalue weighted by atomic mass is 10.4. The van der Waals surface area contributed by atoms with Crippen molar-refractivity contribution in [3.63, 3.8) is 0 Å². The van der Waals surface area contributed by atoms with Crippen LogP contribution in [0.15, 0.2) is 12.4 Å². The van der Waals surface area contributed by atoms with Crippen LogP contribution in [-0.4, -0.2) is 34.4 Å². The molecule has 1 saturated heterocycles. The minimum atomic E-state index is 0.973. The summed E-state index contributed by atoms with van der Waals surface area (Å²) in [6, 6.07) is 0. The number of nitrogens with one attached hydrogen (secondary N) is 1. The first kappa shape index (κ1) is 8.72. The smallest absolute Gasteiger partial charge is 0.0550 e. The highest BCUT2D eigenvalue weighted by Gasteiger charge is 2.09. The van der Waals surface area contributed by atoms with Crippen LogP contribution in [0.3, 0.4) is 0 Å². The first-order valence-electron chi connectivity index (χ1n) is 4.82. The standard InChI is InChI=1S/C9H16N4/c1-9-7-11-13(8-9)6-5-12-4-2-3-10-12/h7-8,10H,2-6H2,1H3. The van der Waals surface area contributed by atoms with Crippen molar-refractivity contribution in [3.05, 3.63) is 18.0 Å². The number of aromatic nitrogens is 2. The predicted molar refractivity (Wildman–Crippen MR) is 51.2 cm³/mol. The van der Waals surface area contributed by atoms with E-state index in [0.717, 1.165) is 19.6 Å². The third kappa shape index (κ3) is 2.29. The van der Waals surface area contributed by atoms with Crippen molar-refractivity contribution < 1.29 is 0 Å². The zero-order valence-corrected chi connectivity index (χ0v) is 8.03. The van der Waals surface area contributed by atoms with Gasteiger partial charge in [0.05, 0.1) is 12.7 Å². The first-order chi connectivity index (χ1) is 6.34. The molecule has 0 aliphatic carbocycles. The van der Waals surface area contributed by atoms with E-state index in [2.05, 4.69) is 28.7 Å².